The topological polar surface area (TPSA) is 72.3 Å². The van der Waals surface area contributed by atoms with Crippen molar-refractivity contribution in [2.24, 2.45) is 5.92 Å². The van der Waals surface area contributed by atoms with Crippen molar-refractivity contribution < 1.29 is 4.79 Å². The molecular formula is C15H23N5OS. The standard InChI is InChI=1S/C15H23N5OS/c1-12(2)15(3,11-16)18-13(21)10-19-5-7-20(8-6-19)14-17-4-9-22-14/h4,9,12H,5-8,10H2,1-3H3,(H,18,21)/t15-/m0/s1. The number of carbonyl (C=O) groups is 1. The third-order valence-corrected chi connectivity index (χ3v) is 5.05. The molecule has 1 amide bonds. The number of amides is 1. The molecule has 1 aliphatic rings. The number of nitriles is 1. The molecule has 120 valence electrons. The lowest BCUT2D eigenvalue weighted by Crippen LogP contribution is -2.54. The molecule has 1 aliphatic heterocycles. The molecule has 1 aromatic rings. The molecule has 22 heavy (non-hydrogen) atoms. The molecule has 6 nitrogen and oxygen atoms in total. The molecule has 1 saturated heterocycles. The zero-order valence-electron chi connectivity index (χ0n) is 13.4. The zero-order valence-corrected chi connectivity index (χ0v) is 14.2. The van der Waals surface area contributed by atoms with Crippen LogP contribution in [0.15, 0.2) is 11.6 Å². The first-order chi connectivity index (χ1) is 10.4. The first-order valence-corrected chi connectivity index (χ1v) is 8.41. The Labute approximate surface area is 135 Å². The predicted octanol–water partition coefficient (Wildman–Crippen LogP) is 1.32. The van der Waals surface area contributed by atoms with E-state index in [4.69, 9.17) is 0 Å². The third kappa shape index (κ3) is 3.96. The maximum absolute atomic E-state index is 12.2. The van der Waals surface area contributed by atoms with Crippen LogP contribution in [0.1, 0.15) is 20.8 Å². The summed E-state index contributed by atoms with van der Waals surface area (Å²) in [6.07, 6.45) is 1.81. The Hall–Kier alpha value is -1.65. The summed E-state index contributed by atoms with van der Waals surface area (Å²) in [4.78, 5) is 20.9. The van der Waals surface area contributed by atoms with Crippen LogP contribution in [0.4, 0.5) is 5.13 Å². The van der Waals surface area contributed by atoms with Gasteiger partial charge in [0, 0.05) is 37.8 Å². The van der Waals surface area contributed by atoms with Crippen LogP contribution in [0.5, 0.6) is 0 Å². The van der Waals surface area contributed by atoms with Crippen molar-refractivity contribution in [1.82, 2.24) is 15.2 Å². The summed E-state index contributed by atoms with van der Waals surface area (Å²) in [6.45, 7) is 9.41. The Morgan fingerprint density at radius 1 is 1.50 bits per heavy atom. The molecular weight excluding hydrogens is 298 g/mol. The normalized spacial score (nSPS) is 18.8. The van der Waals surface area contributed by atoms with E-state index in [0.29, 0.717) is 6.54 Å². The van der Waals surface area contributed by atoms with Crippen LogP contribution in [0.25, 0.3) is 0 Å². The Balaban J connectivity index is 1.81. The van der Waals surface area contributed by atoms with E-state index >= 15 is 0 Å². The number of anilines is 1. The minimum atomic E-state index is -0.806. The van der Waals surface area contributed by atoms with Gasteiger partial charge in [0.05, 0.1) is 12.6 Å². The Bertz CT molecular complexity index is 531. The average Bonchev–Trinajstić information content (AvgIpc) is 3.01. The maximum Gasteiger partial charge on any atom is 0.235 e. The number of thiazole rings is 1. The van der Waals surface area contributed by atoms with Gasteiger partial charge in [-0.25, -0.2) is 4.98 Å². The molecule has 0 saturated carbocycles. The minimum Gasteiger partial charge on any atom is -0.346 e. The molecule has 1 aromatic heterocycles. The van der Waals surface area contributed by atoms with Crippen molar-refractivity contribution in [3.8, 4) is 6.07 Å². The number of aromatic nitrogens is 1. The monoisotopic (exact) mass is 321 g/mol. The van der Waals surface area contributed by atoms with Crippen molar-refractivity contribution in [3.05, 3.63) is 11.6 Å². The lowest BCUT2D eigenvalue weighted by molar-refractivity contribution is -0.124. The SMILES string of the molecule is CC(C)[C@](C)(C#N)NC(=O)CN1CCN(c2nccs2)CC1. The van der Waals surface area contributed by atoms with E-state index in [1.165, 1.54) is 0 Å². The van der Waals surface area contributed by atoms with E-state index in [9.17, 15) is 10.1 Å². The number of rotatable bonds is 5. The molecule has 1 fully saturated rings. The quantitative estimate of drug-likeness (QED) is 0.885. The van der Waals surface area contributed by atoms with Gasteiger partial charge >= 0.3 is 0 Å². The van der Waals surface area contributed by atoms with Gasteiger partial charge in [-0.2, -0.15) is 5.26 Å². The van der Waals surface area contributed by atoms with Gasteiger partial charge in [-0.3, -0.25) is 9.69 Å². The van der Waals surface area contributed by atoms with Crippen LogP contribution < -0.4 is 10.2 Å². The van der Waals surface area contributed by atoms with Gasteiger partial charge in [-0.15, -0.1) is 11.3 Å². The minimum absolute atomic E-state index is 0.0724. The van der Waals surface area contributed by atoms with E-state index in [2.05, 4.69) is 26.2 Å². The molecule has 0 unspecified atom stereocenters. The highest BCUT2D eigenvalue weighted by atomic mass is 32.1. The van der Waals surface area contributed by atoms with Gasteiger partial charge in [0.25, 0.3) is 0 Å². The number of hydrogen-bond donors (Lipinski definition) is 1. The van der Waals surface area contributed by atoms with Gasteiger partial charge < -0.3 is 10.2 Å². The molecule has 1 atom stereocenters. The second kappa shape index (κ2) is 7.07. The second-order valence-electron chi connectivity index (χ2n) is 6.09. The average molecular weight is 321 g/mol. The van der Waals surface area contributed by atoms with E-state index in [1.54, 1.807) is 18.3 Å². The molecule has 0 bridgehead atoms. The Kier molecular flexibility index (Phi) is 5.37. The number of carbonyl (C=O) groups excluding carboxylic acids is 1. The van der Waals surface area contributed by atoms with E-state index in [1.807, 2.05) is 25.4 Å². The summed E-state index contributed by atoms with van der Waals surface area (Å²) in [6, 6.07) is 2.21. The highest BCUT2D eigenvalue weighted by Crippen LogP contribution is 2.19. The van der Waals surface area contributed by atoms with Crippen LogP contribution in [0.3, 0.4) is 0 Å². The molecule has 0 aromatic carbocycles. The van der Waals surface area contributed by atoms with Crippen LogP contribution in [-0.4, -0.2) is 54.1 Å². The Morgan fingerprint density at radius 2 is 2.18 bits per heavy atom. The molecule has 0 spiro atoms. The van der Waals surface area contributed by atoms with Crippen molar-refractivity contribution >= 4 is 22.4 Å². The first kappa shape index (κ1) is 16.7. The fraction of sp³-hybridized carbons (Fsp3) is 0.667. The molecule has 1 N–H and O–H groups in total. The van der Waals surface area contributed by atoms with E-state index < -0.39 is 5.54 Å². The first-order valence-electron chi connectivity index (χ1n) is 7.53. The van der Waals surface area contributed by atoms with Gasteiger partial charge in [0.1, 0.15) is 5.54 Å². The molecule has 2 rings (SSSR count). The van der Waals surface area contributed by atoms with Gasteiger partial charge in [-0.05, 0) is 12.8 Å². The lowest BCUT2D eigenvalue weighted by Gasteiger charge is -2.35. The van der Waals surface area contributed by atoms with Crippen molar-refractivity contribution in [2.45, 2.75) is 26.3 Å². The summed E-state index contributed by atoms with van der Waals surface area (Å²) in [5, 5.41) is 15.1. The van der Waals surface area contributed by atoms with E-state index in [-0.39, 0.29) is 11.8 Å². The number of hydrogen-bond acceptors (Lipinski definition) is 6. The third-order valence-electron chi connectivity index (χ3n) is 4.22. The van der Waals surface area contributed by atoms with Crippen molar-refractivity contribution in [3.63, 3.8) is 0 Å². The maximum atomic E-state index is 12.2. The highest BCUT2D eigenvalue weighted by Gasteiger charge is 2.30. The fourth-order valence-corrected chi connectivity index (χ4v) is 3.00. The summed E-state index contributed by atoms with van der Waals surface area (Å²) in [5.41, 5.74) is -0.806. The summed E-state index contributed by atoms with van der Waals surface area (Å²) in [5.74, 6) is -0.0105. The van der Waals surface area contributed by atoms with Crippen LogP contribution >= 0.6 is 11.3 Å². The summed E-state index contributed by atoms with van der Waals surface area (Å²) in [7, 11) is 0. The summed E-state index contributed by atoms with van der Waals surface area (Å²) < 4.78 is 0. The fourth-order valence-electron chi connectivity index (χ4n) is 2.30. The number of nitrogens with one attached hydrogen (secondary N) is 1. The summed E-state index contributed by atoms with van der Waals surface area (Å²) >= 11 is 1.64. The highest BCUT2D eigenvalue weighted by molar-refractivity contribution is 7.13. The molecule has 0 aliphatic carbocycles. The van der Waals surface area contributed by atoms with Crippen molar-refractivity contribution in [2.75, 3.05) is 37.6 Å². The Morgan fingerprint density at radius 3 is 2.68 bits per heavy atom. The van der Waals surface area contributed by atoms with Gasteiger partial charge in [0.15, 0.2) is 5.13 Å². The van der Waals surface area contributed by atoms with Crippen LogP contribution in [0.2, 0.25) is 0 Å². The predicted molar refractivity (Wildman–Crippen MR) is 87.8 cm³/mol. The second-order valence-corrected chi connectivity index (χ2v) is 6.97. The van der Waals surface area contributed by atoms with Gasteiger partial charge in [-0.1, -0.05) is 13.8 Å². The van der Waals surface area contributed by atoms with Crippen molar-refractivity contribution in [1.29, 1.82) is 5.26 Å². The van der Waals surface area contributed by atoms with Crippen LogP contribution in [0, 0.1) is 17.2 Å². The molecule has 7 heteroatoms. The zero-order chi connectivity index (χ0) is 16.2. The van der Waals surface area contributed by atoms with E-state index in [0.717, 1.165) is 31.3 Å². The van der Waals surface area contributed by atoms with Crippen LogP contribution in [-0.2, 0) is 4.79 Å². The molecule has 0 radical (unpaired) electrons. The molecule has 2 heterocycles. The number of piperazine rings is 1. The lowest BCUT2D eigenvalue weighted by atomic mass is 9.90. The van der Waals surface area contributed by atoms with Gasteiger partial charge in [0.2, 0.25) is 5.91 Å². The number of nitrogens with zero attached hydrogens (tertiary/aromatic N) is 4. The smallest absolute Gasteiger partial charge is 0.235 e. The largest absolute Gasteiger partial charge is 0.346 e.